The van der Waals surface area contributed by atoms with Crippen LogP contribution in [-0.4, -0.2) is 50.2 Å². The van der Waals surface area contributed by atoms with E-state index in [1.54, 1.807) is 29.2 Å². The maximum atomic E-state index is 13.3. The van der Waals surface area contributed by atoms with Crippen LogP contribution in [0.1, 0.15) is 16.7 Å². The van der Waals surface area contributed by atoms with Crippen molar-refractivity contribution in [1.82, 2.24) is 4.90 Å². The molecule has 1 heterocycles. The highest BCUT2D eigenvalue weighted by atomic mass is 16.6. The van der Waals surface area contributed by atoms with Crippen LogP contribution in [0.25, 0.3) is 17.7 Å². The van der Waals surface area contributed by atoms with Gasteiger partial charge in [-0.3, -0.25) is 4.79 Å². The predicted molar refractivity (Wildman–Crippen MR) is 140 cm³/mol. The normalized spacial score (nSPS) is 14.0. The summed E-state index contributed by atoms with van der Waals surface area (Å²) in [6, 6.07) is 25.6. The van der Waals surface area contributed by atoms with Crippen molar-refractivity contribution in [2.45, 2.75) is 0 Å². The summed E-state index contributed by atoms with van der Waals surface area (Å²) in [6.07, 6.45) is 3.27. The van der Waals surface area contributed by atoms with Gasteiger partial charge in [-0.05, 0) is 41.0 Å². The molecular formula is C30H26N2O5. The lowest BCUT2D eigenvalue weighted by Gasteiger charge is -2.26. The lowest BCUT2D eigenvalue weighted by Crippen LogP contribution is -2.41. The van der Waals surface area contributed by atoms with Gasteiger partial charge in [0.1, 0.15) is 11.6 Å². The van der Waals surface area contributed by atoms with Crippen molar-refractivity contribution in [3.63, 3.8) is 0 Å². The standard InChI is InChI=1S/C30H26N2O5/c1-35-28-20-23(18-25(21-31)29(33)32-14-16-36-17-15-32)12-13-27(28)37-30(34)26(24-10-6-3-7-11-24)19-22-8-4-2-5-9-22/h2-13,18-20H,14-17H2,1H3/b25-18+,26-19+. The molecule has 0 atom stereocenters. The summed E-state index contributed by atoms with van der Waals surface area (Å²) in [5.74, 6) is -0.376. The second-order valence-corrected chi connectivity index (χ2v) is 8.21. The first kappa shape index (κ1) is 25.4. The Balaban J connectivity index is 1.59. The number of hydrogen-bond donors (Lipinski definition) is 0. The minimum Gasteiger partial charge on any atom is -0.493 e. The number of carbonyl (C=O) groups is 2. The summed E-state index contributed by atoms with van der Waals surface area (Å²) in [7, 11) is 1.46. The Labute approximate surface area is 215 Å². The number of ether oxygens (including phenoxy) is 3. The largest absolute Gasteiger partial charge is 0.493 e. The van der Waals surface area contributed by atoms with Crippen LogP contribution in [0.3, 0.4) is 0 Å². The van der Waals surface area contributed by atoms with E-state index in [2.05, 4.69) is 0 Å². The maximum absolute atomic E-state index is 13.3. The van der Waals surface area contributed by atoms with E-state index >= 15 is 0 Å². The van der Waals surface area contributed by atoms with E-state index in [-0.39, 0.29) is 17.2 Å². The Morgan fingerprint density at radius 3 is 2.22 bits per heavy atom. The quantitative estimate of drug-likeness (QED) is 0.157. The highest BCUT2D eigenvalue weighted by molar-refractivity contribution is 6.22. The van der Waals surface area contributed by atoms with E-state index in [9.17, 15) is 14.9 Å². The zero-order valence-corrected chi connectivity index (χ0v) is 20.4. The van der Waals surface area contributed by atoms with Gasteiger partial charge in [0.15, 0.2) is 11.5 Å². The summed E-state index contributed by atoms with van der Waals surface area (Å²) in [5.41, 5.74) is 2.54. The SMILES string of the molecule is COc1cc(/C=C(\C#N)C(=O)N2CCOCC2)ccc1OC(=O)/C(=C/c1ccccc1)c1ccccc1. The number of rotatable bonds is 7. The summed E-state index contributed by atoms with van der Waals surface area (Å²) >= 11 is 0. The fraction of sp³-hybridized carbons (Fsp3) is 0.167. The minimum atomic E-state index is -0.545. The Morgan fingerprint density at radius 2 is 1.57 bits per heavy atom. The van der Waals surface area contributed by atoms with Gasteiger partial charge in [0.05, 0.1) is 25.9 Å². The van der Waals surface area contributed by atoms with Crippen LogP contribution < -0.4 is 9.47 Å². The molecule has 186 valence electrons. The molecule has 0 bridgehead atoms. The fourth-order valence-corrected chi connectivity index (χ4v) is 3.85. The molecule has 0 saturated carbocycles. The molecule has 1 saturated heterocycles. The van der Waals surface area contributed by atoms with Gasteiger partial charge in [-0.15, -0.1) is 0 Å². The molecule has 1 fully saturated rings. The monoisotopic (exact) mass is 494 g/mol. The zero-order valence-electron chi connectivity index (χ0n) is 20.4. The molecule has 0 unspecified atom stereocenters. The number of hydrogen-bond acceptors (Lipinski definition) is 6. The molecule has 3 aromatic rings. The van der Waals surface area contributed by atoms with Gasteiger partial charge >= 0.3 is 5.97 Å². The number of methoxy groups -OCH3 is 1. The summed E-state index contributed by atoms with van der Waals surface area (Å²) < 4.78 is 16.5. The van der Waals surface area contributed by atoms with Crippen LogP contribution in [-0.2, 0) is 14.3 Å². The molecule has 0 N–H and O–H groups in total. The molecule has 4 rings (SSSR count). The van der Waals surface area contributed by atoms with Crippen molar-refractivity contribution >= 4 is 29.6 Å². The maximum Gasteiger partial charge on any atom is 0.344 e. The van der Waals surface area contributed by atoms with Crippen molar-refractivity contribution in [3.8, 4) is 17.6 Å². The van der Waals surface area contributed by atoms with E-state index in [4.69, 9.17) is 14.2 Å². The van der Waals surface area contributed by atoms with E-state index in [0.29, 0.717) is 43.2 Å². The summed E-state index contributed by atoms with van der Waals surface area (Å²) in [4.78, 5) is 27.6. The number of benzene rings is 3. The van der Waals surface area contributed by atoms with Crippen molar-refractivity contribution in [1.29, 1.82) is 5.26 Å². The third-order valence-corrected chi connectivity index (χ3v) is 5.77. The van der Waals surface area contributed by atoms with E-state index in [1.165, 1.54) is 13.2 Å². The second kappa shape index (κ2) is 12.3. The Hall–Kier alpha value is -4.67. The number of esters is 1. The average Bonchev–Trinajstić information content (AvgIpc) is 2.96. The average molecular weight is 495 g/mol. The van der Waals surface area contributed by atoms with Crippen molar-refractivity contribution in [2.75, 3.05) is 33.4 Å². The first-order valence-electron chi connectivity index (χ1n) is 11.8. The van der Waals surface area contributed by atoms with Gasteiger partial charge in [-0.25, -0.2) is 4.79 Å². The van der Waals surface area contributed by atoms with Crippen molar-refractivity contribution in [2.24, 2.45) is 0 Å². The number of morpholine rings is 1. The molecule has 7 nitrogen and oxygen atoms in total. The van der Waals surface area contributed by atoms with Crippen LogP contribution >= 0.6 is 0 Å². The van der Waals surface area contributed by atoms with Gasteiger partial charge in [0.25, 0.3) is 5.91 Å². The lowest BCUT2D eigenvalue weighted by atomic mass is 10.0. The van der Waals surface area contributed by atoms with Crippen LogP contribution in [0.2, 0.25) is 0 Å². The minimum absolute atomic E-state index is 0.00542. The number of carbonyl (C=O) groups excluding carboxylic acids is 2. The van der Waals surface area contributed by atoms with Crippen molar-refractivity contribution < 1.29 is 23.8 Å². The summed E-state index contributed by atoms with van der Waals surface area (Å²) in [6.45, 7) is 1.77. The molecule has 0 radical (unpaired) electrons. The van der Waals surface area contributed by atoms with Crippen LogP contribution in [0.15, 0.2) is 84.4 Å². The molecule has 1 aliphatic rings. The highest BCUT2D eigenvalue weighted by Gasteiger charge is 2.21. The first-order valence-corrected chi connectivity index (χ1v) is 11.8. The first-order chi connectivity index (χ1) is 18.1. The third kappa shape index (κ3) is 6.51. The smallest absolute Gasteiger partial charge is 0.344 e. The fourth-order valence-electron chi connectivity index (χ4n) is 3.85. The van der Waals surface area contributed by atoms with E-state index in [0.717, 1.165) is 11.1 Å². The van der Waals surface area contributed by atoms with Crippen LogP contribution in [0, 0.1) is 11.3 Å². The number of amides is 1. The Morgan fingerprint density at radius 1 is 0.892 bits per heavy atom. The predicted octanol–water partition coefficient (Wildman–Crippen LogP) is 4.61. The topological polar surface area (TPSA) is 88.9 Å². The number of nitriles is 1. The molecule has 1 aliphatic heterocycles. The third-order valence-electron chi connectivity index (χ3n) is 5.77. The lowest BCUT2D eigenvalue weighted by molar-refractivity contribution is -0.130. The Kier molecular flexibility index (Phi) is 8.48. The van der Waals surface area contributed by atoms with Crippen molar-refractivity contribution in [3.05, 3.63) is 101 Å². The van der Waals surface area contributed by atoms with E-state index in [1.807, 2.05) is 66.7 Å². The molecule has 1 amide bonds. The molecule has 0 aliphatic carbocycles. The molecule has 3 aromatic carbocycles. The van der Waals surface area contributed by atoms with E-state index < -0.39 is 5.97 Å². The molecule has 7 heteroatoms. The molecule has 37 heavy (non-hydrogen) atoms. The zero-order chi connectivity index (χ0) is 26.0. The summed E-state index contributed by atoms with van der Waals surface area (Å²) in [5, 5.41) is 9.58. The second-order valence-electron chi connectivity index (χ2n) is 8.21. The molecule has 0 aromatic heterocycles. The van der Waals surface area contributed by atoms with Gasteiger partial charge in [-0.1, -0.05) is 66.7 Å². The van der Waals surface area contributed by atoms with Crippen LogP contribution in [0.4, 0.5) is 0 Å². The van der Waals surface area contributed by atoms with Gasteiger partial charge in [0.2, 0.25) is 0 Å². The number of nitrogens with zero attached hydrogens (tertiary/aromatic N) is 2. The van der Waals surface area contributed by atoms with Crippen LogP contribution in [0.5, 0.6) is 11.5 Å². The molecular weight excluding hydrogens is 468 g/mol. The Bertz CT molecular complexity index is 1350. The molecule has 0 spiro atoms. The van der Waals surface area contributed by atoms with Gasteiger partial charge in [-0.2, -0.15) is 5.26 Å². The van der Waals surface area contributed by atoms with Gasteiger partial charge < -0.3 is 19.1 Å². The highest BCUT2D eigenvalue weighted by Crippen LogP contribution is 2.31. The van der Waals surface area contributed by atoms with Gasteiger partial charge in [0, 0.05) is 13.1 Å².